The minimum Gasteiger partial charge on any atom is -0.489 e. The Bertz CT molecular complexity index is 854. The molecule has 1 fully saturated rings. The molecule has 0 saturated heterocycles. The molecule has 0 unspecified atom stereocenters. The van der Waals surface area contributed by atoms with Crippen molar-refractivity contribution in [2.45, 2.75) is 51.2 Å². The van der Waals surface area contributed by atoms with Gasteiger partial charge in [-0.1, -0.05) is 30.3 Å². The molecule has 2 aromatic heterocycles. The molecule has 5 heteroatoms. The Morgan fingerprint density at radius 1 is 1.15 bits per heavy atom. The fraction of sp³-hybridized carbons (Fsp3) is 0.409. The zero-order valence-electron chi connectivity index (χ0n) is 15.8. The molecule has 4 nitrogen and oxygen atoms in total. The quantitative estimate of drug-likeness (QED) is 0.675. The van der Waals surface area contributed by atoms with E-state index >= 15 is 0 Å². The maximum absolute atomic E-state index is 6.09. The van der Waals surface area contributed by atoms with Gasteiger partial charge in [-0.3, -0.25) is 0 Å². The molecule has 2 heterocycles. The molecule has 0 radical (unpaired) electrons. The number of nitrogens with two attached hydrogens (primary N) is 1. The minimum absolute atomic E-state index is 0. The van der Waals surface area contributed by atoms with Gasteiger partial charge in [-0.25, -0.2) is 4.52 Å². The van der Waals surface area contributed by atoms with Crippen LogP contribution in [-0.2, 0) is 6.61 Å². The van der Waals surface area contributed by atoms with Crippen LogP contribution >= 0.6 is 12.4 Å². The number of fused-ring (bicyclic) bond motifs is 1. The second kappa shape index (κ2) is 8.77. The number of benzene rings is 1. The summed E-state index contributed by atoms with van der Waals surface area (Å²) < 4.78 is 7.96. The van der Waals surface area contributed by atoms with E-state index in [0.717, 1.165) is 5.75 Å². The Balaban J connectivity index is 0.00000210. The van der Waals surface area contributed by atoms with Gasteiger partial charge in [0.05, 0.1) is 11.7 Å². The Morgan fingerprint density at radius 3 is 2.59 bits per heavy atom. The lowest BCUT2D eigenvalue weighted by molar-refractivity contribution is 0.292. The second-order valence-corrected chi connectivity index (χ2v) is 7.54. The van der Waals surface area contributed by atoms with E-state index in [1.54, 1.807) is 0 Å². The Morgan fingerprint density at radius 2 is 1.89 bits per heavy atom. The molecular formula is C22H28ClN3O. The van der Waals surface area contributed by atoms with E-state index in [1.165, 1.54) is 42.3 Å². The van der Waals surface area contributed by atoms with E-state index < -0.39 is 0 Å². The first-order chi connectivity index (χ1) is 12.7. The third-order valence-corrected chi connectivity index (χ3v) is 5.73. The van der Waals surface area contributed by atoms with E-state index in [0.29, 0.717) is 24.5 Å². The van der Waals surface area contributed by atoms with Crippen LogP contribution in [0.2, 0.25) is 0 Å². The zero-order valence-corrected chi connectivity index (χ0v) is 16.6. The van der Waals surface area contributed by atoms with Crippen molar-refractivity contribution in [2.24, 2.45) is 11.7 Å². The van der Waals surface area contributed by atoms with Crippen LogP contribution in [0.3, 0.4) is 0 Å². The summed E-state index contributed by atoms with van der Waals surface area (Å²) in [6.07, 6.45) is 8.85. The highest BCUT2D eigenvalue weighted by Crippen LogP contribution is 2.38. The number of hydrogen-bond acceptors (Lipinski definition) is 3. The summed E-state index contributed by atoms with van der Waals surface area (Å²) in [6.45, 7) is 2.72. The maximum atomic E-state index is 6.09. The molecule has 1 atom stereocenters. The summed E-state index contributed by atoms with van der Waals surface area (Å²) >= 11 is 0. The van der Waals surface area contributed by atoms with Crippen molar-refractivity contribution in [1.82, 2.24) is 9.61 Å². The van der Waals surface area contributed by atoms with Crippen LogP contribution in [0.4, 0.5) is 0 Å². The van der Waals surface area contributed by atoms with E-state index in [4.69, 9.17) is 10.5 Å². The Hall–Kier alpha value is -2.04. The van der Waals surface area contributed by atoms with Crippen molar-refractivity contribution in [3.63, 3.8) is 0 Å². The van der Waals surface area contributed by atoms with Crippen LogP contribution in [0, 0.1) is 5.92 Å². The van der Waals surface area contributed by atoms with Gasteiger partial charge in [0.2, 0.25) is 0 Å². The van der Waals surface area contributed by atoms with Crippen molar-refractivity contribution >= 4 is 17.9 Å². The van der Waals surface area contributed by atoms with Gasteiger partial charge in [0.25, 0.3) is 0 Å². The molecule has 2 N–H and O–H groups in total. The van der Waals surface area contributed by atoms with Gasteiger partial charge in [0.1, 0.15) is 12.4 Å². The molecule has 1 aliphatic carbocycles. The van der Waals surface area contributed by atoms with Gasteiger partial charge in [0, 0.05) is 23.9 Å². The predicted octanol–water partition coefficient (Wildman–Crippen LogP) is 4.96. The molecule has 0 bridgehead atoms. The lowest BCUT2D eigenvalue weighted by Gasteiger charge is -2.30. The van der Waals surface area contributed by atoms with Gasteiger partial charge >= 0.3 is 0 Å². The lowest BCUT2D eigenvalue weighted by atomic mass is 9.77. The van der Waals surface area contributed by atoms with Gasteiger partial charge in [-0.2, -0.15) is 5.10 Å². The fourth-order valence-electron chi connectivity index (χ4n) is 4.08. The first-order valence-electron chi connectivity index (χ1n) is 9.60. The topological polar surface area (TPSA) is 52.5 Å². The molecule has 3 aromatic rings. The third kappa shape index (κ3) is 4.45. The summed E-state index contributed by atoms with van der Waals surface area (Å²) in [6, 6.07) is 14.7. The number of nitrogens with zero attached hydrogens (tertiary/aromatic N) is 2. The highest BCUT2D eigenvalue weighted by molar-refractivity contribution is 5.85. The monoisotopic (exact) mass is 385 g/mol. The van der Waals surface area contributed by atoms with Crippen molar-refractivity contribution in [1.29, 1.82) is 0 Å². The first-order valence-corrected chi connectivity index (χ1v) is 9.60. The number of ether oxygens (including phenoxy) is 1. The minimum atomic E-state index is 0. The predicted molar refractivity (Wildman–Crippen MR) is 112 cm³/mol. The average Bonchev–Trinajstić information content (AvgIpc) is 3.10. The largest absolute Gasteiger partial charge is 0.489 e. The van der Waals surface area contributed by atoms with Crippen LogP contribution in [0.5, 0.6) is 5.75 Å². The Kier molecular flexibility index (Phi) is 6.40. The molecule has 1 saturated carbocycles. The average molecular weight is 386 g/mol. The van der Waals surface area contributed by atoms with Crippen LogP contribution in [0.15, 0.2) is 54.9 Å². The molecule has 1 aromatic carbocycles. The lowest BCUT2D eigenvalue weighted by Crippen LogP contribution is -2.29. The normalized spacial score (nSPS) is 20.8. The summed E-state index contributed by atoms with van der Waals surface area (Å²) in [4.78, 5) is 0. The first kappa shape index (κ1) is 19.7. The van der Waals surface area contributed by atoms with Gasteiger partial charge < -0.3 is 10.5 Å². The molecule has 4 rings (SSSR count). The van der Waals surface area contributed by atoms with Crippen LogP contribution in [0.25, 0.3) is 5.52 Å². The highest BCUT2D eigenvalue weighted by atomic mass is 35.5. The van der Waals surface area contributed by atoms with Gasteiger partial charge in [-0.15, -0.1) is 12.4 Å². The smallest absolute Gasteiger partial charge is 0.123 e. The number of rotatable bonds is 5. The van der Waals surface area contributed by atoms with Gasteiger partial charge in [-0.05, 0) is 56.1 Å². The van der Waals surface area contributed by atoms with E-state index in [-0.39, 0.29) is 12.4 Å². The third-order valence-electron chi connectivity index (χ3n) is 5.73. The molecule has 0 spiro atoms. The van der Waals surface area contributed by atoms with E-state index in [9.17, 15) is 0 Å². The molecule has 27 heavy (non-hydrogen) atoms. The van der Waals surface area contributed by atoms with Crippen LogP contribution in [0.1, 0.15) is 49.7 Å². The van der Waals surface area contributed by atoms with E-state index in [1.807, 2.05) is 41.2 Å². The number of hydrogen-bond donors (Lipinski definition) is 1. The molecule has 144 valence electrons. The van der Waals surface area contributed by atoms with Crippen molar-refractivity contribution in [3.05, 3.63) is 66.0 Å². The van der Waals surface area contributed by atoms with Crippen molar-refractivity contribution in [2.75, 3.05) is 0 Å². The number of halogens is 1. The fourth-order valence-corrected chi connectivity index (χ4v) is 4.08. The summed E-state index contributed by atoms with van der Waals surface area (Å²) in [5.74, 6) is 2.14. The van der Waals surface area contributed by atoms with Gasteiger partial charge in [0.15, 0.2) is 0 Å². The van der Waals surface area contributed by atoms with E-state index in [2.05, 4.69) is 30.2 Å². The van der Waals surface area contributed by atoms with Crippen molar-refractivity contribution < 1.29 is 4.74 Å². The Labute approximate surface area is 167 Å². The molecule has 0 amide bonds. The van der Waals surface area contributed by atoms with Crippen LogP contribution in [-0.4, -0.2) is 15.7 Å². The highest BCUT2D eigenvalue weighted by Gasteiger charge is 2.26. The second-order valence-electron chi connectivity index (χ2n) is 7.54. The zero-order chi connectivity index (χ0) is 17.9. The number of aromatic nitrogens is 2. The molecular weight excluding hydrogens is 358 g/mol. The SMILES string of the molecule is C[C@H](N)C1CCC(c2cnn3ccc(OCc4ccccc4)cc23)CC1.Cl. The summed E-state index contributed by atoms with van der Waals surface area (Å²) in [7, 11) is 0. The molecule has 0 aliphatic heterocycles. The maximum Gasteiger partial charge on any atom is 0.123 e. The van der Waals surface area contributed by atoms with Crippen LogP contribution < -0.4 is 10.5 Å². The summed E-state index contributed by atoms with van der Waals surface area (Å²) in [5, 5.41) is 4.54. The standard InChI is InChI=1S/C22H27N3O.ClH/c1-16(23)18-7-9-19(10-8-18)21-14-24-25-12-11-20(13-22(21)25)26-15-17-5-3-2-4-6-17;/h2-6,11-14,16,18-19H,7-10,15,23H2,1H3;1H/t16-,18?,19?;/m0./s1. The number of pyridine rings is 1. The van der Waals surface area contributed by atoms with Crippen molar-refractivity contribution in [3.8, 4) is 5.75 Å². The molecule has 1 aliphatic rings. The summed E-state index contributed by atoms with van der Waals surface area (Å²) in [5.41, 5.74) is 9.78.